The summed E-state index contributed by atoms with van der Waals surface area (Å²) in [6.45, 7) is 6.30. The molecule has 0 saturated carbocycles. The predicted octanol–water partition coefficient (Wildman–Crippen LogP) is 2.87. The SMILES string of the molecule is COCC1CCN(C(CN)CC(C)c2ccccc2)CC1. The van der Waals surface area contributed by atoms with E-state index in [1.54, 1.807) is 7.11 Å². The Morgan fingerprint density at radius 2 is 1.90 bits per heavy atom. The average molecular weight is 290 g/mol. The minimum atomic E-state index is 0.503. The van der Waals surface area contributed by atoms with Crippen molar-refractivity contribution in [2.75, 3.05) is 33.4 Å². The second kappa shape index (κ2) is 8.52. The number of likely N-dealkylation sites (tertiary alicyclic amines) is 1. The molecular formula is C18H30N2O. The van der Waals surface area contributed by atoms with Gasteiger partial charge in [-0.05, 0) is 49.8 Å². The Labute approximate surface area is 129 Å². The fraction of sp³-hybridized carbons (Fsp3) is 0.667. The van der Waals surface area contributed by atoms with Crippen molar-refractivity contribution < 1.29 is 4.74 Å². The van der Waals surface area contributed by atoms with E-state index in [-0.39, 0.29) is 0 Å². The van der Waals surface area contributed by atoms with Crippen LogP contribution in [0.15, 0.2) is 30.3 Å². The molecule has 0 radical (unpaired) electrons. The highest BCUT2D eigenvalue weighted by atomic mass is 16.5. The normalized spacial score (nSPS) is 20.3. The molecule has 0 aliphatic carbocycles. The zero-order chi connectivity index (χ0) is 15.1. The average Bonchev–Trinajstić information content (AvgIpc) is 2.54. The van der Waals surface area contributed by atoms with Crippen LogP contribution >= 0.6 is 0 Å². The second-order valence-electron chi connectivity index (χ2n) is 6.37. The summed E-state index contributed by atoms with van der Waals surface area (Å²) in [6.07, 6.45) is 3.63. The van der Waals surface area contributed by atoms with Crippen LogP contribution in [0.2, 0.25) is 0 Å². The first kappa shape index (κ1) is 16.5. The van der Waals surface area contributed by atoms with Crippen molar-refractivity contribution in [1.29, 1.82) is 0 Å². The minimum absolute atomic E-state index is 0.503. The van der Waals surface area contributed by atoms with E-state index >= 15 is 0 Å². The van der Waals surface area contributed by atoms with Gasteiger partial charge in [-0.2, -0.15) is 0 Å². The van der Waals surface area contributed by atoms with Gasteiger partial charge in [0, 0.05) is 26.3 Å². The second-order valence-corrected chi connectivity index (χ2v) is 6.37. The molecule has 0 bridgehead atoms. The first-order valence-electron chi connectivity index (χ1n) is 8.22. The van der Waals surface area contributed by atoms with Crippen molar-refractivity contribution in [2.45, 2.75) is 38.1 Å². The number of methoxy groups -OCH3 is 1. The number of nitrogens with zero attached hydrogens (tertiary/aromatic N) is 1. The molecule has 1 fully saturated rings. The highest BCUT2D eigenvalue weighted by molar-refractivity contribution is 5.19. The van der Waals surface area contributed by atoms with Crippen LogP contribution in [0.1, 0.15) is 37.7 Å². The molecule has 2 unspecified atom stereocenters. The Balaban J connectivity index is 1.86. The van der Waals surface area contributed by atoms with Crippen LogP contribution in [0.3, 0.4) is 0 Å². The molecular weight excluding hydrogens is 260 g/mol. The lowest BCUT2D eigenvalue weighted by molar-refractivity contribution is 0.0775. The van der Waals surface area contributed by atoms with E-state index in [0.29, 0.717) is 12.0 Å². The number of hydrogen-bond acceptors (Lipinski definition) is 3. The van der Waals surface area contributed by atoms with Crippen molar-refractivity contribution >= 4 is 0 Å². The van der Waals surface area contributed by atoms with Gasteiger partial charge in [0.25, 0.3) is 0 Å². The van der Waals surface area contributed by atoms with Crippen LogP contribution in [0, 0.1) is 5.92 Å². The van der Waals surface area contributed by atoms with Gasteiger partial charge in [-0.3, -0.25) is 4.90 Å². The third-order valence-electron chi connectivity index (χ3n) is 4.83. The van der Waals surface area contributed by atoms with Crippen molar-refractivity contribution in [3.05, 3.63) is 35.9 Å². The van der Waals surface area contributed by atoms with Crippen molar-refractivity contribution in [2.24, 2.45) is 11.7 Å². The number of benzene rings is 1. The molecule has 0 aromatic heterocycles. The summed E-state index contributed by atoms with van der Waals surface area (Å²) in [5.41, 5.74) is 7.48. The Morgan fingerprint density at radius 1 is 1.24 bits per heavy atom. The lowest BCUT2D eigenvalue weighted by Gasteiger charge is -2.38. The van der Waals surface area contributed by atoms with E-state index in [1.807, 2.05) is 0 Å². The molecule has 1 aromatic carbocycles. The summed E-state index contributed by atoms with van der Waals surface area (Å²) in [7, 11) is 1.80. The third-order valence-corrected chi connectivity index (χ3v) is 4.83. The summed E-state index contributed by atoms with van der Waals surface area (Å²) < 4.78 is 5.28. The standard InChI is InChI=1S/C18H30N2O/c1-15(17-6-4-3-5-7-17)12-18(13-19)20-10-8-16(9-11-20)14-21-2/h3-7,15-16,18H,8-14,19H2,1-2H3. The van der Waals surface area contributed by atoms with Crippen molar-refractivity contribution in [3.8, 4) is 0 Å². The van der Waals surface area contributed by atoms with Crippen LogP contribution in [0.25, 0.3) is 0 Å². The molecule has 2 rings (SSSR count). The van der Waals surface area contributed by atoms with E-state index in [0.717, 1.165) is 38.6 Å². The van der Waals surface area contributed by atoms with Crippen LogP contribution in [0.4, 0.5) is 0 Å². The Bertz CT molecular complexity index is 387. The molecule has 118 valence electrons. The van der Waals surface area contributed by atoms with E-state index in [9.17, 15) is 0 Å². The molecule has 1 aromatic rings. The highest BCUT2D eigenvalue weighted by Crippen LogP contribution is 2.25. The fourth-order valence-corrected chi connectivity index (χ4v) is 3.44. The van der Waals surface area contributed by atoms with E-state index in [2.05, 4.69) is 42.2 Å². The van der Waals surface area contributed by atoms with Gasteiger partial charge in [0.2, 0.25) is 0 Å². The first-order valence-corrected chi connectivity index (χ1v) is 8.22. The number of hydrogen-bond donors (Lipinski definition) is 1. The van der Waals surface area contributed by atoms with Gasteiger partial charge in [0.1, 0.15) is 0 Å². The lowest BCUT2D eigenvalue weighted by atomic mass is 9.91. The number of rotatable bonds is 7. The smallest absolute Gasteiger partial charge is 0.0491 e. The molecule has 0 spiro atoms. The summed E-state index contributed by atoms with van der Waals surface area (Å²) >= 11 is 0. The van der Waals surface area contributed by atoms with Gasteiger partial charge in [-0.1, -0.05) is 37.3 Å². The highest BCUT2D eigenvalue weighted by Gasteiger charge is 2.25. The third kappa shape index (κ3) is 4.80. The molecule has 1 saturated heterocycles. The van der Waals surface area contributed by atoms with Crippen molar-refractivity contribution in [1.82, 2.24) is 4.90 Å². The maximum absolute atomic E-state index is 6.06. The van der Waals surface area contributed by atoms with E-state index < -0.39 is 0 Å². The van der Waals surface area contributed by atoms with Gasteiger partial charge < -0.3 is 10.5 Å². The van der Waals surface area contributed by atoms with Crippen LogP contribution < -0.4 is 5.73 Å². The number of piperidine rings is 1. The molecule has 1 aliphatic rings. The molecule has 2 atom stereocenters. The number of ether oxygens (including phenoxy) is 1. The maximum atomic E-state index is 6.06. The van der Waals surface area contributed by atoms with Gasteiger partial charge >= 0.3 is 0 Å². The lowest BCUT2D eigenvalue weighted by Crippen LogP contribution is -2.46. The van der Waals surface area contributed by atoms with Gasteiger partial charge in [0.05, 0.1) is 0 Å². The topological polar surface area (TPSA) is 38.5 Å². The number of nitrogens with two attached hydrogens (primary N) is 1. The summed E-state index contributed by atoms with van der Waals surface area (Å²) in [5, 5.41) is 0. The summed E-state index contributed by atoms with van der Waals surface area (Å²) in [6, 6.07) is 11.3. The maximum Gasteiger partial charge on any atom is 0.0491 e. The van der Waals surface area contributed by atoms with Crippen LogP contribution in [-0.4, -0.2) is 44.3 Å². The molecule has 0 amide bonds. The predicted molar refractivity (Wildman–Crippen MR) is 88.5 cm³/mol. The zero-order valence-corrected chi connectivity index (χ0v) is 13.5. The molecule has 1 aliphatic heterocycles. The summed E-state index contributed by atoms with van der Waals surface area (Å²) in [4.78, 5) is 2.59. The minimum Gasteiger partial charge on any atom is -0.384 e. The largest absolute Gasteiger partial charge is 0.384 e. The van der Waals surface area contributed by atoms with Gasteiger partial charge in [-0.15, -0.1) is 0 Å². The van der Waals surface area contributed by atoms with Crippen LogP contribution in [0.5, 0.6) is 0 Å². The van der Waals surface area contributed by atoms with Gasteiger partial charge in [0.15, 0.2) is 0 Å². The molecule has 3 heteroatoms. The van der Waals surface area contributed by atoms with Crippen LogP contribution in [-0.2, 0) is 4.74 Å². The Kier molecular flexibility index (Phi) is 6.68. The van der Waals surface area contributed by atoms with E-state index in [4.69, 9.17) is 10.5 Å². The molecule has 3 nitrogen and oxygen atoms in total. The van der Waals surface area contributed by atoms with Crippen molar-refractivity contribution in [3.63, 3.8) is 0 Å². The Hall–Kier alpha value is -0.900. The molecule has 1 heterocycles. The fourth-order valence-electron chi connectivity index (χ4n) is 3.44. The first-order chi connectivity index (χ1) is 10.2. The molecule has 21 heavy (non-hydrogen) atoms. The monoisotopic (exact) mass is 290 g/mol. The molecule has 2 N–H and O–H groups in total. The quantitative estimate of drug-likeness (QED) is 0.839. The van der Waals surface area contributed by atoms with E-state index in [1.165, 1.54) is 18.4 Å². The zero-order valence-electron chi connectivity index (χ0n) is 13.5. The summed E-state index contributed by atoms with van der Waals surface area (Å²) in [5.74, 6) is 1.30. The van der Waals surface area contributed by atoms with Gasteiger partial charge in [-0.25, -0.2) is 0 Å². The Morgan fingerprint density at radius 3 is 2.48 bits per heavy atom.